The summed E-state index contributed by atoms with van der Waals surface area (Å²) in [5, 5.41) is 0. The molecule has 0 unspecified atom stereocenters. The van der Waals surface area contributed by atoms with Gasteiger partial charge in [-0.05, 0) is 42.5 Å². The SMILES string of the molecule is Nc1ccc2c(c1)CN(CC(=O)N1CCCC1)CC2. The van der Waals surface area contributed by atoms with Crippen molar-refractivity contribution in [2.45, 2.75) is 25.8 Å². The van der Waals surface area contributed by atoms with Crippen LogP contribution in [-0.2, 0) is 17.8 Å². The molecule has 0 radical (unpaired) electrons. The van der Waals surface area contributed by atoms with E-state index in [1.165, 1.54) is 11.1 Å². The maximum absolute atomic E-state index is 12.2. The van der Waals surface area contributed by atoms with Crippen molar-refractivity contribution in [3.05, 3.63) is 29.3 Å². The first-order valence-corrected chi connectivity index (χ1v) is 7.10. The number of hydrogen-bond acceptors (Lipinski definition) is 3. The maximum atomic E-state index is 12.2. The molecule has 0 aromatic heterocycles. The van der Waals surface area contributed by atoms with Crippen LogP contribution in [0.1, 0.15) is 24.0 Å². The average molecular weight is 259 g/mol. The normalized spacial score (nSPS) is 19.5. The minimum absolute atomic E-state index is 0.282. The second-order valence-electron chi connectivity index (χ2n) is 5.58. The fraction of sp³-hybridized carbons (Fsp3) is 0.533. The van der Waals surface area contributed by atoms with Crippen LogP contribution in [0.5, 0.6) is 0 Å². The molecule has 0 spiro atoms. The number of carbonyl (C=O) groups is 1. The number of amides is 1. The van der Waals surface area contributed by atoms with Gasteiger partial charge in [0.15, 0.2) is 0 Å². The van der Waals surface area contributed by atoms with E-state index in [1.54, 1.807) is 0 Å². The fourth-order valence-corrected chi connectivity index (χ4v) is 3.03. The first kappa shape index (κ1) is 12.5. The first-order valence-electron chi connectivity index (χ1n) is 7.10. The van der Waals surface area contributed by atoms with E-state index in [0.717, 1.165) is 51.1 Å². The summed E-state index contributed by atoms with van der Waals surface area (Å²) in [7, 11) is 0. The highest BCUT2D eigenvalue weighted by Gasteiger charge is 2.23. The summed E-state index contributed by atoms with van der Waals surface area (Å²) in [6.45, 7) is 4.25. The monoisotopic (exact) mass is 259 g/mol. The zero-order valence-electron chi connectivity index (χ0n) is 11.3. The van der Waals surface area contributed by atoms with Crippen LogP contribution in [0.15, 0.2) is 18.2 Å². The highest BCUT2D eigenvalue weighted by molar-refractivity contribution is 5.78. The highest BCUT2D eigenvalue weighted by Crippen LogP contribution is 2.21. The lowest BCUT2D eigenvalue weighted by Gasteiger charge is -2.29. The molecule has 0 aliphatic carbocycles. The molecule has 3 rings (SSSR count). The lowest BCUT2D eigenvalue weighted by Crippen LogP contribution is -2.41. The van der Waals surface area contributed by atoms with E-state index >= 15 is 0 Å². The molecule has 0 bridgehead atoms. The molecule has 1 aromatic rings. The molecule has 2 aliphatic rings. The number of fused-ring (bicyclic) bond motifs is 1. The Morgan fingerprint density at radius 1 is 1.16 bits per heavy atom. The van der Waals surface area contributed by atoms with E-state index < -0.39 is 0 Å². The first-order chi connectivity index (χ1) is 9.22. The van der Waals surface area contributed by atoms with E-state index in [0.29, 0.717) is 6.54 Å². The zero-order valence-corrected chi connectivity index (χ0v) is 11.3. The van der Waals surface area contributed by atoms with Crippen LogP contribution in [0.4, 0.5) is 5.69 Å². The third-order valence-corrected chi connectivity index (χ3v) is 4.14. The summed E-state index contributed by atoms with van der Waals surface area (Å²) in [5.74, 6) is 0.282. The number of nitrogen functional groups attached to an aromatic ring is 1. The van der Waals surface area contributed by atoms with E-state index in [9.17, 15) is 4.79 Å². The predicted molar refractivity (Wildman–Crippen MR) is 75.6 cm³/mol. The van der Waals surface area contributed by atoms with Gasteiger partial charge in [-0.2, -0.15) is 0 Å². The number of anilines is 1. The van der Waals surface area contributed by atoms with Crippen molar-refractivity contribution < 1.29 is 4.79 Å². The van der Waals surface area contributed by atoms with Crippen LogP contribution in [0, 0.1) is 0 Å². The van der Waals surface area contributed by atoms with Crippen molar-refractivity contribution in [2.75, 3.05) is 31.9 Å². The smallest absolute Gasteiger partial charge is 0.236 e. The van der Waals surface area contributed by atoms with Crippen molar-refractivity contribution in [3.8, 4) is 0 Å². The van der Waals surface area contributed by atoms with Crippen LogP contribution < -0.4 is 5.73 Å². The second kappa shape index (κ2) is 5.21. The Bertz CT molecular complexity index is 480. The number of rotatable bonds is 2. The van der Waals surface area contributed by atoms with Crippen molar-refractivity contribution in [1.29, 1.82) is 0 Å². The van der Waals surface area contributed by atoms with E-state index in [1.807, 2.05) is 17.0 Å². The molecule has 19 heavy (non-hydrogen) atoms. The largest absolute Gasteiger partial charge is 0.399 e. The summed E-state index contributed by atoms with van der Waals surface area (Å²) >= 11 is 0. The Hall–Kier alpha value is -1.55. The number of likely N-dealkylation sites (tertiary alicyclic amines) is 1. The molecular formula is C15H21N3O. The molecular weight excluding hydrogens is 238 g/mol. The Balaban J connectivity index is 1.63. The number of hydrogen-bond donors (Lipinski definition) is 1. The Morgan fingerprint density at radius 3 is 2.74 bits per heavy atom. The molecule has 4 heteroatoms. The van der Waals surface area contributed by atoms with Gasteiger partial charge in [0.25, 0.3) is 0 Å². The highest BCUT2D eigenvalue weighted by atomic mass is 16.2. The van der Waals surface area contributed by atoms with E-state index in [4.69, 9.17) is 5.73 Å². The number of carbonyl (C=O) groups excluding carboxylic acids is 1. The van der Waals surface area contributed by atoms with E-state index in [-0.39, 0.29) is 5.91 Å². The predicted octanol–water partition coefficient (Wildman–Crippen LogP) is 1.25. The van der Waals surface area contributed by atoms with Gasteiger partial charge in [0, 0.05) is 31.9 Å². The third kappa shape index (κ3) is 2.73. The van der Waals surface area contributed by atoms with Crippen molar-refractivity contribution in [1.82, 2.24) is 9.80 Å². The van der Waals surface area contributed by atoms with Crippen LogP contribution in [0.3, 0.4) is 0 Å². The van der Waals surface area contributed by atoms with Gasteiger partial charge in [0.1, 0.15) is 0 Å². The third-order valence-electron chi connectivity index (χ3n) is 4.14. The van der Waals surface area contributed by atoms with Crippen LogP contribution in [0.2, 0.25) is 0 Å². The minimum Gasteiger partial charge on any atom is -0.399 e. The Labute approximate surface area is 114 Å². The summed E-state index contributed by atoms with van der Waals surface area (Å²) in [4.78, 5) is 16.4. The number of benzene rings is 1. The molecule has 1 saturated heterocycles. The molecule has 2 heterocycles. The molecule has 1 aromatic carbocycles. The van der Waals surface area contributed by atoms with Crippen molar-refractivity contribution in [3.63, 3.8) is 0 Å². The molecule has 2 N–H and O–H groups in total. The molecule has 102 valence electrons. The molecule has 1 amide bonds. The fourth-order valence-electron chi connectivity index (χ4n) is 3.03. The van der Waals surface area contributed by atoms with Gasteiger partial charge in [-0.1, -0.05) is 6.07 Å². The van der Waals surface area contributed by atoms with E-state index in [2.05, 4.69) is 11.0 Å². The number of nitrogens with zero attached hydrogens (tertiary/aromatic N) is 2. The van der Waals surface area contributed by atoms with Gasteiger partial charge in [-0.25, -0.2) is 0 Å². The quantitative estimate of drug-likeness (QED) is 0.813. The van der Waals surface area contributed by atoms with Gasteiger partial charge in [0.2, 0.25) is 5.91 Å². The molecule has 1 fully saturated rings. The summed E-state index contributed by atoms with van der Waals surface area (Å²) in [6.07, 6.45) is 3.33. The van der Waals surface area contributed by atoms with Gasteiger partial charge in [-0.3, -0.25) is 9.69 Å². The van der Waals surface area contributed by atoms with Crippen LogP contribution >= 0.6 is 0 Å². The molecule has 0 atom stereocenters. The van der Waals surface area contributed by atoms with Gasteiger partial charge in [0.05, 0.1) is 6.54 Å². The van der Waals surface area contributed by atoms with Crippen molar-refractivity contribution >= 4 is 11.6 Å². The summed E-state index contributed by atoms with van der Waals surface area (Å²) in [6, 6.07) is 6.12. The van der Waals surface area contributed by atoms with Gasteiger partial charge >= 0.3 is 0 Å². The average Bonchev–Trinajstić information content (AvgIpc) is 2.92. The zero-order chi connectivity index (χ0) is 13.2. The van der Waals surface area contributed by atoms with Crippen LogP contribution in [0.25, 0.3) is 0 Å². The lowest BCUT2D eigenvalue weighted by atomic mass is 9.99. The molecule has 2 aliphatic heterocycles. The molecule has 4 nitrogen and oxygen atoms in total. The number of nitrogens with two attached hydrogens (primary N) is 1. The Morgan fingerprint density at radius 2 is 1.95 bits per heavy atom. The Kier molecular flexibility index (Phi) is 3.42. The minimum atomic E-state index is 0.282. The van der Waals surface area contributed by atoms with Crippen molar-refractivity contribution in [2.24, 2.45) is 0 Å². The summed E-state index contributed by atoms with van der Waals surface area (Å²) in [5.41, 5.74) is 9.30. The van der Waals surface area contributed by atoms with Gasteiger partial charge < -0.3 is 10.6 Å². The van der Waals surface area contributed by atoms with Gasteiger partial charge in [-0.15, -0.1) is 0 Å². The maximum Gasteiger partial charge on any atom is 0.236 e. The van der Waals surface area contributed by atoms with Crippen LogP contribution in [-0.4, -0.2) is 41.9 Å². The second-order valence-corrected chi connectivity index (χ2v) is 5.58. The standard InChI is InChI=1S/C15H21N3O/c16-14-4-3-12-5-8-17(10-13(12)9-14)11-15(19)18-6-1-2-7-18/h3-4,9H,1-2,5-8,10-11,16H2. The molecule has 0 saturated carbocycles. The summed E-state index contributed by atoms with van der Waals surface area (Å²) < 4.78 is 0. The topological polar surface area (TPSA) is 49.6 Å². The lowest BCUT2D eigenvalue weighted by molar-refractivity contribution is -0.131.